The maximum Gasteiger partial charge on any atom is 0.146 e. The average Bonchev–Trinajstić information content (AvgIpc) is 2.18. The van der Waals surface area contributed by atoms with Gasteiger partial charge in [0.15, 0.2) is 0 Å². The van der Waals surface area contributed by atoms with Gasteiger partial charge in [-0.15, -0.1) is 0 Å². The summed E-state index contributed by atoms with van der Waals surface area (Å²) in [4.78, 5) is 0. The molecule has 0 bridgehead atoms. The van der Waals surface area contributed by atoms with E-state index in [4.69, 9.17) is 16.1 Å². The van der Waals surface area contributed by atoms with Crippen LogP contribution < -0.4 is 5.73 Å². The molecule has 0 heterocycles. The van der Waals surface area contributed by atoms with E-state index in [1.54, 1.807) is 6.07 Å². The molecule has 0 aliphatic carbocycles. The number of hydrogen-bond acceptors (Lipinski definition) is 3. The van der Waals surface area contributed by atoms with E-state index in [9.17, 15) is 4.39 Å². The fourth-order valence-corrected chi connectivity index (χ4v) is 1.14. The molecule has 0 spiro atoms. The third-order valence-corrected chi connectivity index (χ3v) is 2.06. The van der Waals surface area contributed by atoms with Gasteiger partial charge < -0.3 is 10.8 Å². The van der Waals surface area contributed by atoms with E-state index >= 15 is 0 Å². The normalized spacial score (nSPS) is 14.5. The Morgan fingerprint density at radius 1 is 1.64 bits per heavy atom. The molecule has 4 heteroatoms. The molecule has 0 saturated heterocycles. The molecule has 0 aromatic heterocycles. The van der Waals surface area contributed by atoms with E-state index in [0.717, 1.165) is 0 Å². The highest BCUT2D eigenvalue weighted by Gasteiger charge is 2.24. The first-order chi connectivity index (χ1) is 6.53. The molecule has 0 fully saturated rings. The number of hydrogen-bond donors (Lipinski definition) is 2. The summed E-state index contributed by atoms with van der Waals surface area (Å²) in [7, 11) is 0. The zero-order valence-electron chi connectivity index (χ0n) is 7.79. The lowest BCUT2D eigenvalue weighted by Gasteiger charge is -2.22. The molecule has 0 aliphatic rings. The van der Waals surface area contributed by atoms with Gasteiger partial charge in [0.05, 0.1) is 17.7 Å². The third-order valence-electron chi connectivity index (χ3n) is 2.06. The molecule has 0 radical (unpaired) electrons. The van der Waals surface area contributed by atoms with E-state index in [0.29, 0.717) is 0 Å². The number of rotatable bonds is 2. The Balaban J connectivity index is 3.31. The Labute approximate surface area is 81.6 Å². The highest BCUT2D eigenvalue weighted by molar-refractivity contribution is 5.38. The minimum Gasteiger partial charge on any atom is -0.394 e. The van der Waals surface area contributed by atoms with Crippen molar-refractivity contribution < 1.29 is 9.50 Å². The van der Waals surface area contributed by atoms with Crippen LogP contribution >= 0.6 is 0 Å². The second-order valence-corrected chi connectivity index (χ2v) is 3.35. The van der Waals surface area contributed by atoms with Crippen LogP contribution in [-0.2, 0) is 5.54 Å². The average molecular weight is 194 g/mol. The largest absolute Gasteiger partial charge is 0.394 e. The lowest BCUT2D eigenvalue weighted by molar-refractivity contribution is 0.206. The van der Waals surface area contributed by atoms with Crippen molar-refractivity contribution in [3.8, 4) is 6.07 Å². The van der Waals surface area contributed by atoms with Crippen molar-refractivity contribution in [1.82, 2.24) is 0 Å². The van der Waals surface area contributed by atoms with Crippen LogP contribution in [0.2, 0.25) is 0 Å². The van der Waals surface area contributed by atoms with Gasteiger partial charge in [0.1, 0.15) is 11.9 Å². The number of benzene rings is 1. The van der Waals surface area contributed by atoms with Crippen molar-refractivity contribution in [3.05, 3.63) is 35.1 Å². The van der Waals surface area contributed by atoms with Crippen molar-refractivity contribution in [2.45, 2.75) is 12.5 Å². The molecule has 1 aromatic rings. The van der Waals surface area contributed by atoms with Crippen molar-refractivity contribution in [2.24, 2.45) is 5.73 Å². The van der Waals surface area contributed by atoms with E-state index in [1.165, 1.54) is 25.1 Å². The molecule has 3 nitrogen and oxygen atoms in total. The van der Waals surface area contributed by atoms with Crippen LogP contribution in [0.5, 0.6) is 0 Å². The maximum absolute atomic E-state index is 13.5. The molecule has 1 aromatic carbocycles. The van der Waals surface area contributed by atoms with Crippen LogP contribution in [-0.4, -0.2) is 11.7 Å². The van der Waals surface area contributed by atoms with Crippen molar-refractivity contribution in [1.29, 1.82) is 5.26 Å². The monoisotopic (exact) mass is 194 g/mol. The first kappa shape index (κ1) is 10.6. The summed E-state index contributed by atoms with van der Waals surface area (Å²) in [5.74, 6) is -0.658. The standard InChI is InChI=1S/C10H11FN2O/c1-10(13,6-14)8-4-2-3-7(5-12)9(8)11/h2-4,14H,6,13H2,1H3. The Morgan fingerprint density at radius 3 is 2.79 bits per heavy atom. The summed E-state index contributed by atoms with van der Waals surface area (Å²) in [6.45, 7) is 1.13. The second kappa shape index (κ2) is 3.74. The van der Waals surface area contributed by atoms with Gasteiger partial charge in [0.25, 0.3) is 0 Å². The number of nitrogens with two attached hydrogens (primary N) is 1. The molecule has 1 rings (SSSR count). The molecule has 0 amide bonds. The Kier molecular flexibility index (Phi) is 2.84. The summed E-state index contributed by atoms with van der Waals surface area (Å²) in [6, 6.07) is 6.09. The topological polar surface area (TPSA) is 70.0 Å². The van der Waals surface area contributed by atoms with Crippen molar-refractivity contribution in [2.75, 3.05) is 6.61 Å². The summed E-state index contributed by atoms with van der Waals surface area (Å²) < 4.78 is 13.5. The second-order valence-electron chi connectivity index (χ2n) is 3.35. The number of halogens is 1. The smallest absolute Gasteiger partial charge is 0.146 e. The molecule has 14 heavy (non-hydrogen) atoms. The van der Waals surface area contributed by atoms with Gasteiger partial charge in [0.2, 0.25) is 0 Å². The zero-order valence-corrected chi connectivity index (χ0v) is 7.79. The van der Waals surface area contributed by atoms with Crippen molar-refractivity contribution >= 4 is 0 Å². The molecular formula is C10H11FN2O. The van der Waals surface area contributed by atoms with Gasteiger partial charge in [-0.2, -0.15) is 5.26 Å². The summed E-state index contributed by atoms with van der Waals surface area (Å²) >= 11 is 0. The fourth-order valence-electron chi connectivity index (χ4n) is 1.14. The first-order valence-electron chi connectivity index (χ1n) is 4.12. The quantitative estimate of drug-likeness (QED) is 0.733. The van der Waals surface area contributed by atoms with E-state index in [1.807, 2.05) is 0 Å². The van der Waals surface area contributed by atoms with Crippen LogP contribution in [0.3, 0.4) is 0 Å². The number of nitriles is 1. The molecule has 0 aliphatic heterocycles. The maximum atomic E-state index is 13.5. The number of nitrogens with zero attached hydrogens (tertiary/aromatic N) is 1. The fraction of sp³-hybridized carbons (Fsp3) is 0.300. The molecule has 74 valence electrons. The number of aliphatic hydroxyl groups is 1. The minimum absolute atomic E-state index is 0.0624. The Bertz CT molecular complexity index is 382. The van der Waals surface area contributed by atoms with Gasteiger partial charge in [-0.25, -0.2) is 4.39 Å². The minimum atomic E-state index is -1.16. The van der Waals surface area contributed by atoms with Gasteiger partial charge in [-0.3, -0.25) is 0 Å². The number of aliphatic hydroxyl groups excluding tert-OH is 1. The lowest BCUT2D eigenvalue weighted by Crippen LogP contribution is -2.38. The zero-order chi connectivity index (χ0) is 10.8. The third kappa shape index (κ3) is 1.74. The summed E-state index contributed by atoms with van der Waals surface area (Å²) in [5.41, 5.74) is 4.60. The van der Waals surface area contributed by atoms with Gasteiger partial charge in [-0.1, -0.05) is 12.1 Å². The van der Waals surface area contributed by atoms with Gasteiger partial charge in [-0.05, 0) is 13.0 Å². The van der Waals surface area contributed by atoms with Crippen molar-refractivity contribution in [3.63, 3.8) is 0 Å². The predicted octanol–water partition coefficient (Wildman–Crippen LogP) is 0.864. The van der Waals surface area contributed by atoms with Gasteiger partial charge >= 0.3 is 0 Å². The molecule has 1 unspecified atom stereocenters. The summed E-state index contributed by atoms with van der Waals surface area (Å²) in [5, 5.41) is 17.5. The lowest BCUT2D eigenvalue weighted by atomic mass is 9.92. The molecular weight excluding hydrogens is 183 g/mol. The summed E-state index contributed by atoms with van der Waals surface area (Å²) in [6.07, 6.45) is 0. The van der Waals surface area contributed by atoms with E-state index in [2.05, 4.69) is 0 Å². The highest BCUT2D eigenvalue weighted by Crippen LogP contribution is 2.22. The Hall–Kier alpha value is -1.44. The molecule has 3 N–H and O–H groups in total. The van der Waals surface area contributed by atoms with Crippen LogP contribution in [0, 0.1) is 17.1 Å². The molecule has 0 saturated carbocycles. The predicted molar refractivity (Wildman–Crippen MR) is 49.7 cm³/mol. The SMILES string of the molecule is CC(N)(CO)c1cccc(C#N)c1F. The van der Waals surface area contributed by atoms with Crippen LogP contribution in [0.15, 0.2) is 18.2 Å². The molecule has 1 atom stereocenters. The highest BCUT2D eigenvalue weighted by atomic mass is 19.1. The van der Waals surface area contributed by atoms with E-state index in [-0.39, 0.29) is 17.7 Å². The van der Waals surface area contributed by atoms with Crippen LogP contribution in [0.1, 0.15) is 18.1 Å². The first-order valence-corrected chi connectivity index (χ1v) is 4.12. The van der Waals surface area contributed by atoms with Crippen LogP contribution in [0.25, 0.3) is 0 Å². The van der Waals surface area contributed by atoms with Gasteiger partial charge in [0, 0.05) is 5.56 Å². The van der Waals surface area contributed by atoms with Crippen LogP contribution in [0.4, 0.5) is 4.39 Å². The Morgan fingerprint density at radius 2 is 2.29 bits per heavy atom. The van der Waals surface area contributed by atoms with E-state index < -0.39 is 11.4 Å².